The number of nitrogens with two attached hydrogens (primary N) is 2. The van der Waals surface area contributed by atoms with Gasteiger partial charge in [0.1, 0.15) is 5.82 Å². The summed E-state index contributed by atoms with van der Waals surface area (Å²) in [6.07, 6.45) is 4.56. The molecule has 5 N–H and O–H groups in total. The van der Waals surface area contributed by atoms with Crippen LogP contribution in [0.15, 0.2) is 59.4 Å². The molecule has 30 heavy (non-hydrogen) atoms. The minimum absolute atomic E-state index is 0.135. The van der Waals surface area contributed by atoms with E-state index in [0.717, 1.165) is 17.7 Å². The number of imidazole rings is 1. The van der Waals surface area contributed by atoms with Crippen LogP contribution in [0.5, 0.6) is 0 Å². The second-order valence-electron chi connectivity index (χ2n) is 7.03. The zero-order valence-corrected chi connectivity index (χ0v) is 17.3. The Morgan fingerprint density at radius 2 is 1.77 bits per heavy atom. The fourth-order valence-electron chi connectivity index (χ4n) is 3.30. The maximum atomic E-state index is 12.8. The van der Waals surface area contributed by atoms with Crippen molar-refractivity contribution in [3.8, 4) is 0 Å². The fourth-order valence-corrected chi connectivity index (χ4v) is 3.30. The Bertz CT molecular complexity index is 1120. The number of benzene rings is 2. The van der Waals surface area contributed by atoms with E-state index < -0.39 is 0 Å². The second-order valence-corrected chi connectivity index (χ2v) is 7.03. The number of carbonyl (C=O) groups is 1. The van der Waals surface area contributed by atoms with Crippen molar-refractivity contribution in [1.82, 2.24) is 9.13 Å². The first-order valence-electron chi connectivity index (χ1n) is 9.92. The number of para-hydroxylation sites is 2. The molecule has 0 atom stereocenters. The number of nitrogen functional groups attached to an aromatic ring is 2. The van der Waals surface area contributed by atoms with Gasteiger partial charge in [0.05, 0.1) is 23.6 Å². The van der Waals surface area contributed by atoms with Gasteiger partial charge in [-0.2, -0.15) is 0 Å². The molecule has 0 aliphatic rings. The number of hydrogen-bond donors (Lipinski definition) is 3. The number of aromatic nitrogens is 2. The summed E-state index contributed by atoms with van der Waals surface area (Å²) in [6, 6.07) is 14.2. The summed E-state index contributed by atoms with van der Waals surface area (Å²) in [6.45, 7) is 4.85. The molecule has 156 valence electrons. The quantitative estimate of drug-likeness (QED) is 0.522. The van der Waals surface area contributed by atoms with Gasteiger partial charge < -0.3 is 16.8 Å². The Kier molecular flexibility index (Phi) is 6.41. The Morgan fingerprint density at radius 1 is 1.07 bits per heavy atom. The highest BCUT2D eigenvalue weighted by Gasteiger charge is 2.16. The molecule has 0 aliphatic heterocycles. The lowest BCUT2D eigenvalue weighted by Gasteiger charge is -2.09. The molecule has 0 saturated heterocycles. The van der Waals surface area contributed by atoms with Gasteiger partial charge in [-0.25, -0.2) is 4.79 Å². The van der Waals surface area contributed by atoms with Gasteiger partial charge in [-0.1, -0.05) is 37.3 Å². The molecule has 2 aromatic carbocycles. The van der Waals surface area contributed by atoms with Gasteiger partial charge in [0.25, 0.3) is 5.91 Å². The molecule has 0 radical (unpaired) electrons. The van der Waals surface area contributed by atoms with E-state index in [1.165, 1.54) is 0 Å². The van der Waals surface area contributed by atoms with E-state index in [2.05, 4.69) is 5.32 Å². The third-order valence-corrected chi connectivity index (χ3v) is 4.84. The first-order valence-corrected chi connectivity index (χ1v) is 9.92. The maximum absolute atomic E-state index is 12.8. The number of allylic oxidation sites excluding steroid dienone is 1. The van der Waals surface area contributed by atoms with E-state index in [1.54, 1.807) is 33.4 Å². The van der Waals surface area contributed by atoms with E-state index in [-0.39, 0.29) is 11.6 Å². The third kappa shape index (κ3) is 4.30. The Balaban J connectivity index is 1.81. The van der Waals surface area contributed by atoms with Crippen LogP contribution in [-0.4, -0.2) is 15.0 Å². The van der Waals surface area contributed by atoms with Crippen molar-refractivity contribution >= 4 is 29.2 Å². The molecule has 1 amide bonds. The number of carbonyl (C=O) groups excluding carboxylic acids is 1. The summed E-state index contributed by atoms with van der Waals surface area (Å²) in [4.78, 5) is 25.3. The monoisotopic (exact) mass is 405 g/mol. The van der Waals surface area contributed by atoms with Crippen LogP contribution >= 0.6 is 0 Å². The SMILES string of the molecule is C/C=C\c1c(N)n(Cc2ccc(C(=O)Nc3ccccc3N)cc2)c(=O)n1CCC. The molecule has 0 unspecified atom stereocenters. The van der Waals surface area contributed by atoms with Crippen LogP contribution in [-0.2, 0) is 13.1 Å². The van der Waals surface area contributed by atoms with Gasteiger partial charge in [-0.05, 0) is 49.2 Å². The summed E-state index contributed by atoms with van der Waals surface area (Å²) in [5, 5.41) is 2.80. The van der Waals surface area contributed by atoms with Gasteiger partial charge in [0.2, 0.25) is 0 Å². The van der Waals surface area contributed by atoms with Crippen molar-refractivity contribution in [3.05, 3.63) is 81.9 Å². The molecule has 3 aromatic rings. The molecule has 0 saturated carbocycles. The smallest absolute Gasteiger partial charge is 0.330 e. The Hall–Kier alpha value is -3.74. The molecule has 7 heteroatoms. The van der Waals surface area contributed by atoms with Gasteiger partial charge >= 0.3 is 5.69 Å². The van der Waals surface area contributed by atoms with Crippen LogP contribution < -0.4 is 22.5 Å². The Morgan fingerprint density at radius 3 is 2.40 bits per heavy atom. The second kappa shape index (κ2) is 9.17. The molecular weight excluding hydrogens is 378 g/mol. The largest absolute Gasteiger partial charge is 0.397 e. The van der Waals surface area contributed by atoms with Crippen molar-refractivity contribution in [2.45, 2.75) is 33.4 Å². The molecular formula is C23H27N5O2. The third-order valence-electron chi connectivity index (χ3n) is 4.84. The lowest BCUT2D eigenvalue weighted by Crippen LogP contribution is -2.25. The van der Waals surface area contributed by atoms with E-state index in [1.807, 2.05) is 50.3 Å². The summed E-state index contributed by atoms with van der Waals surface area (Å²) in [7, 11) is 0. The zero-order chi connectivity index (χ0) is 21.7. The molecule has 1 heterocycles. The number of anilines is 3. The number of rotatable bonds is 7. The minimum Gasteiger partial charge on any atom is -0.397 e. The van der Waals surface area contributed by atoms with Crippen molar-refractivity contribution in [2.75, 3.05) is 16.8 Å². The van der Waals surface area contributed by atoms with E-state index in [9.17, 15) is 9.59 Å². The predicted molar refractivity (Wildman–Crippen MR) is 122 cm³/mol. The molecule has 7 nitrogen and oxygen atoms in total. The lowest BCUT2D eigenvalue weighted by atomic mass is 10.1. The van der Waals surface area contributed by atoms with Crippen LogP contribution in [0.3, 0.4) is 0 Å². The van der Waals surface area contributed by atoms with Crippen LogP contribution in [0, 0.1) is 0 Å². The van der Waals surface area contributed by atoms with Gasteiger partial charge in [0, 0.05) is 12.1 Å². The van der Waals surface area contributed by atoms with Gasteiger partial charge in [-0.15, -0.1) is 0 Å². The lowest BCUT2D eigenvalue weighted by molar-refractivity contribution is 0.102. The summed E-state index contributed by atoms with van der Waals surface area (Å²) < 4.78 is 3.26. The molecule has 0 spiro atoms. The maximum Gasteiger partial charge on any atom is 0.330 e. The summed E-state index contributed by atoms with van der Waals surface area (Å²) >= 11 is 0. The predicted octanol–water partition coefficient (Wildman–Crippen LogP) is 3.56. The van der Waals surface area contributed by atoms with Crippen molar-refractivity contribution in [1.29, 1.82) is 0 Å². The molecule has 0 bridgehead atoms. The van der Waals surface area contributed by atoms with Gasteiger partial charge in [0.15, 0.2) is 0 Å². The van der Waals surface area contributed by atoms with E-state index >= 15 is 0 Å². The first-order chi connectivity index (χ1) is 14.5. The van der Waals surface area contributed by atoms with Crippen molar-refractivity contribution < 1.29 is 4.79 Å². The highest BCUT2D eigenvalue weighted by molar-refractivity contribution is 6.05. The average Bonchev–Trinajstić information content (AvgIpc) is 2.95. The number of amides is 1. The zero-order valence-electron chi connectivity index (χ0n) is 17.3. The summed E-state index contributed by atoms with van der Waals surface area (Å²) in [5.74, 6) is 0.188. The molecule has 3 rings (SSSR count). The average molecular weight is 406 g/mol. The topological polar surface area (TPSA) is 108 Å². The molecule has 1 aromatic heterocycles. The van der Waals surface area contributed by atoms with Crippen molar-refractivity contribution in [3.63, 3.8) is 0 Å². The normalized spacial score (nSPS) is 11.1. The first kappa shape index (κ1) is 21.0. The van der Waals surface area contributed by atoms with Crippen molar-refractivity contribution in [2.24, 2.45) is 0 Å². The molecule has 0 fully saturated rings. The van der Waals surface area contributed by atoms with Crippen LogP contribution in [0.2, 0.25) is 0 Å². The van der Waals surface area contributed by atoms with Gasteiger partial charge in [-0.3, -0.25) is 13.9 Å². The highest BCUT2D eigenvalue weighted by atomic mass is 16.2. The standard InChI is InChI=1S/C23H27N5O2/c1-3-7-20-21(25)28(23(30)27(20)14-4-2)15-16-10-12-17(13-11-16)22(29)26-19-9-6-5-8-18(19)24/h3,5-13H,4,14-15,24-25H2,1-2H3,(H,26,29)/b7-3-. The number of hydrogen-bond acceptors (Lipinski definition) is 4. The Labute approximate surface area is 175 Å². The van der Waals surface area contributed by atoms with E-state index in [0.29, 0.717) is 35.8 Å². The molecule has 0 aliphatic carbocycles. The van der Waals surface area contributed by atoms with Crippen LogP contribution in [0.25, 0.3) is 6.08 Å². The van der Waals surface area contributed by atoms with Crippen LogP contribution in [0.4, 0.5) is 17.2 Å². The number of nitrogens with zero attached hydrogens (tertiary/aromatic N) is 2. The fraction of sp³-hybridized carbons (Fsp3) is 0.217. The highest BCUT2D eigenvalue weighted by Crippen LogP contribution is 2.19. The minimum atomic E-state index is -0.249. The number of nitrogens with one attached hydrogen (secondary N) is 1. The van der Waals surface area contributed by atoms with E-state index in [4.69, 9.17) is 11.5 Å². The van der Waals surface area contributed by atoms with Crippen LogP contribution in [0.1, 0.15) is 41.9 Å². The summed E-state index contributed by atoms with van der Waals surface area (Å²) in [5.41, 5.74) is 15.2.